The minimum atomic E-state index is -0.567. The highest BCUT2D eigenvalue weighted by Gasteiger charge is 2.18. The Balaban J connectivity index is 3.29. The molecular weight excluding hydrogens is 318 g/mol. The van der Waals surface area contributed by atoms with Crippen LogP contribution in [0.25, 0.3) is 0 Å². The van der Waals surface area contributed by atoms with E-state index in [0.717, 1.165) is 0 Å². The Bertz CT molecular complexity index is 392. The van der Waals surface area contributed by atoms with E-state index >= 15 is 0 Å². The van der Waals surface area contributed by atoms with Crippen LogP contribution in [0.3, 0.4) is 0 Å². The normalized spacial score (nSPS) is 9.86. The van der Waals surface area contributed by atoms with Crippen LogP contribution < -0.4 is 0 Å². The van der Waals surface area contributed by atoms with E-state index in [1.54, 1.807) is 0 Å². The molecule has 0 aliphatic carbocycles. The summed E-state index contributed by atoms with van der Waals surface area (Å²) in [6.45, 7) is 0. The minimum absolute atomic E-state index is 0.0737. The number of nitro groups is 1. The lowest BCUT2D eigenvalue weighted by Gasteiger charge is -2.00. The van der Waals surface area contributed by atoms with Crippen LogP contribution in [0.1, 0.15) is 10.4 Å². The third-order valence-electron chi connectivity index (χ3n) is 1.58. The minimum Gasteiger partial charge on any atom is -0.293 e. The summed E-state index contributed by atoms with van der Waals surface area (Å²) in [5.74, 6) is -0.307. The fourth-order valence-electron chi connectivity index (χ4n) is 0.963. The Morgan fingerprint density at radius 2 is 2.14 bits per heavy atom. The molecule has 0 spiro atoms. The number of benzene rings is 1. The number of halogens is 2. The molecule has 1 aromatic carbocycles. The zero-order chi connectivity index (χ0) is 10.7. The Morgan fingerprint density at radius 3 is 2.64 bits per heavy atom. The quantitative estimate of drug-likeness (QED) is 0.372. The SMILES string of the molecule is O=C(CBr)c1cc(Br)ccc1[N+](=O)[O-]. The molecule has 1 rings (SSSR count). The zero-order valence-electron chi connectivity index (χ0n) is 6.87. The second-order valence-corrected chi connectivity index (χ2v) is 3.95. The van der Waals surface area contributed by atoms with E-state index in [1.807, 2.05) is 0 Å². The van der Waals surface area contributed by atoms with Crippen molar-refractivity contribution >= 4 is 43.3 Å². The molecule has 0 atom stereocenters. The van der Waals surface area contributed by atoms with Crippen molar-refractivity contribution in [3.05, 3.63) is 38.3 Å². The highest BCUT2D eigenvalue weighted by atomic mass is 79.9. The van der Waals surface area contributed by atoms with Gasteiger partial charge >= 0.3 is 0 Å². The average Bonchev–Trinajstić information content (AvgIpc) is 2.16. The summed E-state index contributed by atoms with van der Waals surface area (Å²) in [6.07, 6.45) is 0. The van der Waals surface area contributed by atoms with Crippen LogP contribution in [-0.4, -0.2) is 16.0 Å². The number of Topliss-reactive ketones (excluding diaryl/α,β-unsaturated/α-hetero) is 1. The monoisotopic (exact) mass is 321 g/mol. The van der Waals surface area contributed by atoms with Crippen molar-refractivity contribution in [3.8, 4) is 0 Å². The number of alkyl halides is 1. The Hall–Kier alpha value is -0.750. The molecule has 1 aromatic rings. The summed E-state index contributed by atoms with van der Waals surface area (Å²) in [5, 5.41) is 10.6. The first-order chi connectivity index (χ1) is 6.56. The van der Waals surface area contributed by atoms with Gasteiger partial charge in [0.2, 0.25) is 0 Å². The predicted molar refractivity (Wildman–Crippen MR) is 58.9 cm³/mol. The van der Waals surface area contributed by atoms with Gasteiger partial charge < -0.3 is 0 Å². The molecule has 0 aliphatic heterocycles. The molecular formula is C8H5Br2NO3. The van der Waals surface area contributed by atoms with E-state index < -0.39 is 4.92 Å². The van der Waals surface area contributed by atoms with Crippen LogP contribution >= 0.6 is 31.9 Å². The second-order valence-electron chi connectivity index (χ2n) is 2.48. The van der Waals surface area contributed by atoms with E-state index in [1.165, 1.54) is 18.2 Å². The van der Waals surface area contributed by atoms with Gasteiger partial charge in [-0.25, -0.2) is 0 Å². The second kappa shape index (κ2) is 4.65. The number of nitrogens with zero attached hydrogens (tertiary/aromatic N) is 1. The van der Waals surface area contributed by atoms with Crippen LogP contribution in [0.5, 0.6) is 0 Å². The number of nitro benzene ring substituents is 1. The standard InChI is InChI=1S/C8H5Br2NO3/c9-4-8(12)6-3-5(10)1-2-7(6)11(13)14/h1-3H,4H2. The van der Waals surface area contributed by atoms with Gasteiger partial charge in [-0.1, -0.05) is 31.9 Å². The van der Waals surface area contributed by atoms with Gasteiger partial charge in [-0.05, 0) is 12.1 Å². The van der Waals surface area contributed by atoms with Crippen molar-refractivity contribution in [2.75, 3.05) is 5.33 Å². The highest BCUT2D eigenvalue weighted by molar-refractivity contribution is 9.10. The van der Waals surface area contributed by atoms with Crippen molar-refractivity contribution < 1.29 is 9.72 Å². The molecule has 0 unspecified atom stereocenters. The van der Waals surface area contributed by atoms with E-state index in [-0.39, 0.29) is 22.4 Å². The van der Waals surface area contributed by atoms with Gasteiger partial charge in [0.15, 0.2) is 5.78 Å². The van der Waals surface area contributed by atoms with Crippen LogP contribution in [-0.2, 0) is 0 Å². The number of hydrogen-bond acceptors (Lipinski definition) is 3. The molecule has 4 nitrogen and oxygen atoms in total. The lowest BCUT2D eigenvalue weighted by atomic mass is 10.1. The van der Waals surface area contributed by atoms with Crippen molar-refractivity contribution in [1.29, 1.82) is 0 Å². The predicted octanol–water partition coefficient (Wildman–Crippen LogP) is 2.93. The summed E-state index contributed by atoms with van der Waals surface area (Å²) in [6, 6.07) is 4.28. The number of ketones is 1. The largest absolute Gasteiger partial charge is 0.293 e. The summed E-state index contributed by atoms with van der Waals surface area (Å²) in [4.78, 5) is 21.3. The van der Waals surface area contributed by atoms with Crippen LogP contribution in [0.4, 0.5) is 5.69 Å². The van der Waals surface area contributed by atoms with Crippen LogP contribution in [0.15, 0.2) is 22.7 Å². The van der Waals surface area contributed by atoms with Crippen LogP contribution in [0, 0.1) is 10.1 Å². The molecule has 0 heterocycles. The molecule has 74 valence electrons. The molecule has 0 saturated carbocycles. The number of carbonyl (C=O) groups excluding carboxylic acids is 1. The molecule has 0 N–H and O–H groups in total. The smallest absolute Gasteiger partial charge is 0.280 e. The summed E-state index contributed by atoms with van der Waals surface area (Å²) in [7, 11) is 0. The highest BCUT2D eigenvalue weighted by Crippen LogP contribution is 2.23. The van der Waals surface area contributed by atoms with E-state index in [0.29, 0.717) is 4.47 Å². The first-order valence-electron chi connectivity index (χ1n) is 3.59. The van der Waals surface area contributed by atoms with Crippen molar-refractivity contribution in [2.24, 2.45) is 0 Å². The molecule has 0 bridgehead atoms. The molecule has 14 heavy (non-hydrogen) atoms. The molecule has 0 amide bonds. The van der Waals surface area contributed by atoms with E-state index in [2.05, 4.69) is 31.9 Å². The van der Waals surface area contributed by atoms with Gasteiger partial charge in [0, 0.05) is 10.5 Å². The van der Waals surface area contributed by atoms with Crippen molar-refractivity contribution in [2.45, 2.75) is 0 Å². The Labute approximate surface area is 96.7 Å². The fourth-order valence-corrected chi connectivity index (χ4v) is 1.63. The number of hydrogen-bond donors (Lipinski definition) is 0. The number of rotatable bonds is 3. The topological polar surface area (TPSA) is 60.2 Å². The molecule has 0 aliphatic rings. The first-order valence-corrected chi connectivity index (χ1v) is 5.51. The van der Waals surface area contributed by atoms with E-state index in [4.69, 9.17) is 0 Å². The molecule has 0 saturated heterocycles. The van der Waals surface area contributed by atoms with Gasteiger partial charge in [0.05, 0.1) is 15.8 Å². The van der Waals surface area contributed by atoms with Crippen LogP contribution in [0.2, 0.25) is 0 Å². The average molecular weight is 323 g/mol. The fraction of sp³-hybridized carbons (Fsp3) is 0.125. The molecule has 0 radical (unpaired) electrons. The maximum atomic E-state index is 11.3. The first kappa shape index (κ1) is 11.3. The van der Waals surface area contributed by atoms with Gasteiger partial charge in [-0.2, -0.15) is 0 Å². The lowest BCUT2D eigenvalue weighted by Crippen LogP contribution is -2.04. The molecule has 0 aromatic heterocycles. The Kier molecular flexibility index (Phi) is 3.77. The maximum Gasteiger partial charge on any atom is 0.280 e. The van der Waals surface area contributed by atoms with Gasteiger partial charge in [0.25, 0.3) is 5.69 Å². The number of carbonyl (C=O) groups is 1. The van der Waals surface area contributed by atoms with Crippen molar-refractivity contribution in [1.82, 2.24) is 0 Å². The Morgan fingerprint density at radius 1 is 1.50 bits per heavy atom. The summed E-state index contributed by atoms with van der Waals surface area (Å²) < 4.78 is 0.646. The van der Waals surface area contributed by atoms with Gasteiger partial charge in [0.1, 0.15) is 0 Å². The van der Waals surface area contributed by atoms with Gasteiger partial charge in [-0.3, -0.25) is 14.9 Å². The summed E-state index contributed by atoms with van der Waals surface area (Å²) >= 11 is 6.12. The van der Waals surface area contributed by atoms with Gasteiger partial charge in [-0.15, -0.1) is 0 Å². The van der Waals surface area contributed by atoms with Crippen molar-refractivity contribution in [3.63, 3.8) is 0 Å². The molecule has 0 fully saturated rings. The zero-order valence-corrected chi connectivity index (χ0v) is 10.0. The maximum absolute atomic E-state index is 11.3. The third-order valence-corrected chi connectivity index (χ3v) is 2.58. The molecule has 6 heteroatoms. The third kappa shape index (κ3) is 2.39. The van der Waals surface area contributed by atoms with E-state index in [9.17, 15) is 14.9 Å². The summed E-state index contributed by atoms with van der Waals surface area (Å²) in [5.41, 5.74) is -0.0566. The lowest BCUT2D eigenvalue weighted by molar-refractivity contribution is -0.385.